The molecule has 0 aliphatic heterocycles. The number of nitrogens with zero attached hydrogens (tertiary/aromatic N) is 1. The van der Waals surface area contributed by atoms with Gasteiger partial charge in [-0.15, -0.1) is 0 Å². The van der Waals surface area contributed by atoms with Crippen molar-refractivity contribution in [1.29, 1.82) is 0 Å². The predicted octanol–water partition coefficient (Wildman–Crippen LogP) is 5.51. The van der Waals surface area contributed by atoms with Crippen LogP contribution >= 0.6 is 22.6 Å². The summed E-state index contributed by atoms with van der Waals surface area (Å²) in [7, 11) is 1.50. The highest BCUT2D eigenvalue weighted by Crippen LogP contribution is 2.24. The van der Waals surface area contributed by atoms with Crippen molar-refractivity contribution in [2.45, 2.75) is 52.0 Å². The molecule has 1 N–H and O–H groups in total. The van der Waals surface area contributed by atoms with Gasteiger partial charge in [-0.3, -0.25) is 9.59 Å². The molecule has 0 heterocycles. The molecule has 0 saturated carbocycles. The van der Waals surface area contributed by atoms with Gasteiger partial charge in [0.15, 0.2) is 0 Å². The Morgan fingerprint density at radius 2 is 1.50 bits per heavy atom. The van der Waals surface area contributed by atoms with Crippen molar-refractivity contribution in [3.63, 3.8) is 0 Å². The number of esters is 1. The number of likely N-dealkylation sites (N-methyl/N-ethyl adjacent to an activating group) is 1. The average molecular weight is 659 g/mol. The molecule has 0 spiro atoms. The summed E-state index contributed by atoms with van der Waals surface area (Å²) in [5, 5.41) is 2.69. The number of ether oxygens (including phenoxy) is 3. The van der Waals surface area contributed by atoms with E-state index in [9.17, 15) is 14.4 Å². The Hall–Kier alpha value is -3.60. The highest BCUT2D eigenvalue weighted by Gasteiger charge is 2.29. The molecule has 3 aromatic rings. The molecule has 0 fully saturated rings. The number of carbonyl (C=O) groups excluding carboxylic acids is 3. The van der Waals surface area contributed by atoms with Gasteiger partial charge in [0.25, 0.3) is 0 Å². The average Bonchev–Trinajstić information content (AvgIpc) is 2.90. The molecule has 212 valence electrons. The molecule has 2 amide bonds. The van der Waals surface area contributed by atoms with Crippen LogP contribution in [-0.2, 0) is 38.7 Å². The summed E-state index contributed by atoms with van der Waals surface area (Å²) >= 11 is 2.19. The Morgan fingerprint density at radius 3 is 2.10 bits per heavy atom. The topological polar surface area (TPSA) is 94.2 Å². The highest BCUT2D eigenvalue weighted by atomic mass is 127. The molecule has 40 heavy (non-hydrogen) atoms. The zero-order valence-electron chi connectivity index (χ0n) is 23.2. The smallest absolute Gasteiger partial charge is 0.408 e. The van der Waals surface area contributed by atoms with Crippen LogP contribution in [0.2, 0.25) is 0 Å². The minimum atomic E-state index is -1.01. The van der Waals surface area contributed by atoms with Crippen molar-refractivity contribution >= 4 is 40.6 Å². The minimum absolute atomic E-state index is 0.103. The fraction of sp³-hybridized carbons (Fsp3) is 0.323. The SMILES string of the molecule is CN(CC(=O)OCc1ccccc1)C(=O)[C@H](Cc1cc(I)ccc1OCc1ccccc1)NC(=O)OC(C)(C)C. The van der Waals surface area contributed by atoms with E-state index in [1.165, 1.54) is 11.9 Å². The third kappa shape index (κ3) is 10.5. The monoisotopic (exact) mass is 658 g/mol. The maximum absolute atomic E-state index is 13.5. The predicted molar refractivity (Wildman–Crippen MR) is 161 cm³/mol. The van der Waals surface area contributed by atoms with Gasteiger partial charge in [-0.05, 0) is 78.3 Å². The maximum atomic E-state index is 13.5. The van der Waals surface area contributed by atoms with E-state index in [0.29, 0.717) is 12.4 Å². The van der Waals surface area contributed by atoms with E-state index >= 15 is 0 Å². The number of hydrogen-bond acceptors (Lipinski definition) is 6. The van der Waals surface area contributed by atoms with Crippen LogP contribution in [0.3, 0.4) is 0 Å². The quantitative estimate of drug-likeness (QED) is 0.216. The van der Waals surface area contributed by atoms with E-state index in [2.05, 4.69) is 27.9 Å². The van der Waals surface area contributed by atoms with E-state index in [1.807, 2.05) is 78.9 Å². The number of halogens is 1. The Labute approximate surface area is 249 Å². The fourth-order valence-corrected chi connectivity index (χ4v) is 4.33. The molecular formula is C31H35IN2O6. The van der Waals surface area contributed by atoms with Gasteiger partial charge in [0.2, 0.25) is 5.91 Å². The third-order valence-electron chi connectivity index (χ3n) is 5.66. The number of amides is 2. The zero-order valence-corrected chi connectivity index (χ0v) is 25.3. The molecule has 8 nitrogen and oxygen atoms in total. The van der Waals surface area contributed by atoms with E-state index in [4.69, 9.17) is 14.2 Å². The van der Waals surface area contributed by atoms with Crippen LogP contribution in [-0.4, -0.2) is 48.1 Å². The van der Waals surface area contributed by atoms with E-state index in [0.717, 1.165) is 20.3 Å². The molecule has 0 bridgehead atoms. The molecule has 0 radical (unpaired) electrons. The van der Waals surface area contributed by atoms with E-state index < -0.39 is 29.6 Å². The van der Waals surface area contributed by atoms with Crippen LogP contribution in [0.1, 0.15) is 37.5 Å². The van der Waals surface area contributed by atoms with Gasteiger partial charge in [0.1, 0.15) is 37.2 Å². The molecule has 9 heteroatoms. The molecule has 0 aliphatic carbocycles. The lowest BCUT2D eigenvalue weighted by Crippen LogP contribution is -2.50. The van der Waals surface area contributed by atoms with Crippen molar-refractivity contribution in [3.8, 4) is 5.75 Å². The summed E-state index contributed by atoms with van der Waals surface area (Å²) in [5.74, 6) is -0.426. The van der Waals surface area contributed by atoms with Crippen molar-refractivity contribution < 1.29 is 28.6 Å². The second-order valence-electron chi connectivity index (χ2n) is 10.3. The van der Waals surface area contributed by atoms with Crippen molar-refractivity contribution in [1.82, 2.24) is 10.2 Å². The summed E-state index contributed by atoms with van der Waals surface area (Å²) in [5.41, 5.74) is 1.82. The molecule has 1 atom stereocenters. The Kier molecular flexibility index (Phi) is 11.4. The lowest BCUT2D eigenvalue weighted by Gasteiger charge is -2.27. The maximum Gasteiger partial charge on any atom is 0.408 e. The first kappa shape index (κ1) is 30.9. The van der Waals surface area contributed by atoms with Crippen molar-refractivity contribution in [2.75, 3.05) is 13.6 Å². The minimum Gasteiger partial charge on any atom is -0.489 e. The van der Waals surface area contributed by atoms with Gasteiger partial charge in [0.05, 0.1) is 0 Å². The Bertz CT molecular complexity index is 1280. The van der Waals surface area contributed by atoms with Gasteiger partial charge in [-0.25, -0.2) is 4.79 Å². The van der Waals surface area contributed by atoms with E-state index in [1.54, 1.807) is 20.8 Å². The Balaban J connectivity index is 1.75. The fourth-order valence-electron chi connectivity index (χ4n) is 3.77. The number of nitrogens with one attached hydrogen (secondary N) is 1. The molecule has 0 aliphatic rings. The molecule has 0 unspecified atom stereocenters. The van der Waals surface area contributed by atoms with Crippen LogP contribution in [0.4, 0.5) is 4.79 Å². The molecule has 3 aromatic carbocycles. The zero-order chi connectivity index (χ0) is 29.1. The lowest BCUT2D eigenvalue weighted by molar-refractivity contribution is -0.150. The molecule has 3 rings (SSSR count). The largest absolute Gasteiger partial charge is 0.489 e. The number of alkyl carbamates (subject to hydrolysis) is 1. The van der Waals surface area contributed by atoms with Gasteiger partial charge in [-0.1, -0.05) is 60.7 Å². The standard InChI is InChI=1S/C31H35IN2O6/c1-31(2,3)40-30(37)33-26(29(36)34(4)19-28(35)39-21-23-13-9-6-10-14-23)18-24-17-25(32)15-16-27(24)38-20-22-11-7-5-8-12-22/h5-17,26H,18-21H2,1-4H3,(H,33,37)/t26-/m0/s1. The molecule has 0 aromatic heterocycles. The van der Waals surface area contributed by atoms with Crippen molar-refractivity contribution in [2.24, 2.45) is 0 Å². The van der Waals surface area contributed by atoms with Crippen molar-refractivity contribution in [3.05, 3.63) is 99.1 Å². The number of carbonyl (C=O) groups is 3. The first-order chi connectivity index (χ1) is 19.0. The summed E-state index contributed by atoms with van der Waals surface area (Å²) in [6.07, 6.45) is -0.606. The third-order valence-corrected chi connectivity index (χ3v) is 6.33. The van der Waals surface area contributed by atoms with Crippen LogP contribution in [0.5, 0.6) is 5.75 Å². The van der Waals surface area contributed by atoms with E-state index in [-0.39, 0.29) is 19.6 Å². The number of hydrogen-bond donors (Lipinski definition) is 1. The first-order valence-corrected chi connectivity index (χ1v) is 14.0. The van der Waals surface area contributed by atoms with Crippen LogP contribution < -0.4 is 10.1 Å². The second kappa shape index (κ2) is 14.7. The summed E-state index contributed by atoms with van der Waals surface area (Å²) < 4.78 is 17.8. The lowest BCUT2D eigenvalue weighted by atomic mass is 10.0. The normalized spacial score (nSPS) is 11.7. The summed E-state index contributed by atoms with van der Waals surface area (Å²) in [6.45, 7) is 5.40. The van der Waals surface area contributed by atoms with Gasteiger partial charge in [-0.2, -0.15) is 0 Å². The van der Waals surface area contributed by atoms with Gasteiger partial charge < -0.3 is 24.4 Å². The van der Waals surface area contributed by atoms with Crippen LogP contribution in [0.15, 0.2) is 78.9 Å². The number of rotatable bonds is 11. The van der Waals surface area contributed by atoms with Gasteiger partial charge in [0, 0.05) is 17.0 Å². The first-order valence-electron chi connectivity index (χ1n) is 12.9. The highest BCUT2D eigenvalue weighted by molar-refractivity contribution is 14.1. The summed E-state index contributed by atoms with van der Waals surface area (Å²) in [4.78, 5) is 40.0. The van der Waals surface area contributed by atoms with Crippen LogP contribution in [0, 0.1) is 3.57 Å². The molecule has 0 saturated heterocycles. The van der Waals surface area contributed by atoms with Gasteiger partial charge >= 0.3 is 12.1 Å². The van der Waals surface area contributed by atoms with Crippen LogP contribution in [0.25, 0.3) is 0 Å². The second-order valence-corrected chi connectivity index (χ2v) is 11.5. The number of benzene rings is 3. The summed E-state index contributed by atoms with van der Waals surface area (Å²) in [6, 6.07) is 23.7. The Morgan fingerprint density at radius 1 is 0.900 bits per heavy atom. The molecular weight excluding hydrogens is 623 g/mol.